The molecule has 4 rings (SSSR count). The summed E-state index contributed by atoms with van der Waals surface area (Å²) in [5.74, 6) is 0.427. The first-order valence-corrected chi connectivity index (χ1v) is 12.4. The molecule has 0 aliphatic carbocycles. The highest BCUT2D eigenvalue weighted by Crippen LogP contribution is 2.23. The molecular formula is C25H23N5O5S. The molecule has 0 bridgehead atoms. The minimum atomic E-state index is -4.11. The Bertz CT molecular complexity index is 1480. The number of benzene rings is 3. The van der Waals surface area contributed by atoms with Crippen molar-refractivity contribution in [3.05, 3.63) is 118 Å². The lowest BCUT2D eigenvalue weighted by molar-refractivity contribution is -0.384. The number of imidazole rings is 1. The number of hydrogen-bond acceptors (Lipinski definition) is 6. The average molecular weight is 506 g/mol. The average Bonchev–Trinajstić information content (AvgIpc) is 3.34. The molecule has 0 aliphatic heterocycles. The molecule has 0 fully saturated rings. The van der Waals surface area contributed by atoms with E-state index >= 15 is 0 Å². The van der Waals surface area contributed by atoms with Gasteiger partial charge in [-0.25, -0.2) is 22.9 Å². The van der Waals surface area contributed by atoms with Crippen molar-refractivity contribution in [3.8, 4) is 5.69 Å². The normalized spacial score (nSPS) is 12.0. The lowest BCUT2D eigenvalue weighted by Crippen LogP contribution is -2.42. The zero-order valence-corrected chi connectivity index (χ0v) is 20.1. The van der Waals surface area contributed by atoms with E-state index in [0.29, 0.717) is 23.5 Å². The van der Waals surface area contributed by atoms with Crippen LogP contribution in [-0.4, -0.2) is 28.9 Å². The predicted molar refractivity (Wildman–Crippen MR) is 133 cm³/mol. The highest BCUT2D eigenvalue weighted by atomic mass is 32.2. The fourth-order valence-electron chi connectivity index (χ4n) is 3.81. The quantitative estimate of drug-likeness (QED) is 0.274. The van der Waals surface area contributed by atoms with E-state index in [1.165, 1.54) is 18.2 Å². The van der Waals surface area contributed by atoms with E-state index in [-0.39, 0.29) is 10.6 Å². The molecular weight excluding hydrogens is 482 g/mol. The molecule has 1 atom stereocenters. The molecule has 1 heterocycles. The second kappa shape index (κ2) is 10.4. The Morgan fingerprint density at radius 2 is 1.69 bits per heavy atom. The molecule has 3 aromatic carbocycles. The maximum atomic E-state index is 12.9. The van der Waals surface area contributed by atoms with Gasteiger partial charge in [-0.1, -0.05) is 48.5 Å². The molecule has 10 nitrogen and oxygen atoms in total. The lowest BCUT2D eigenvalue weighted by Gasteiger charge is -2.21. The van der Waals surface area contributed by atoms with Gasteiger partial charge >= 0.3 is 6.03 Å². The van der Waals surface area contributed by atoms with E-state index in [1.54, 1.807) is 54.2 Å². The molecule has 184 valence electrons. The number of urea groups is 1. The van der Waals surface area contributed by atoms with E-state index in [1.807, 2.05) is 30.3 Å². The highest BCUT2D eigenvalue weighted by molar-refractivity contribution is 7.90. The van der Waals surface area contributed by atoms with Crippen molar-refractivity contribution in [2.45, 2.75) is 24.3 Å². The molecule has 0 saturated heterocycles. The van der Waals surface area contributed by atoms with E-state index in [2.05, 4.69) is 15.0 Å². The van der Waals surface area contributed by atoms with E-state index in [4.69, 9.17) is 0 Å². The Hall–Kier alpha value is -4.51. The first-order valence-electron chi connectivity index (χ1n) is 11.0. The number of hydrogen-bond donors (Lipinski definition) is 2. The van der Waals surface area contributed by atoms with Gasteiger partial charge in [-0.05, 0) is 42.7 Å². The number of amides is 2. The number of carbonyl (C=O) groups excluding carboxylic acids is 1. The van der Waals surface area contributed by atoms with Crippen LogP contribution in [0.1, 0.15) is 23.0 Å². The van der Waals surface area contributed by atoms with Crippen LogP contribution in [0.3, 0.4) is 0 Å². The summed E-state index contributed by atoms with van der Waals surface area (Å²) in [4.78, 5) is 27.8. The SMILES string of the molecule is Cc1ccccc1S(=O)(=O)NC(=O)NC(Cc1ccccc1)c1nccn1-c1ccc([N+](=O)[O-])cc1. The van der Waals surface area contributed by atoms with Crippen LogP contribution in [0.25, 0.3) is 5.69 Å². The molecule has 0 spiro atoms. The minimum Gasteiger partial charge on any atom is -0.327 e. The standard InChI is InChI=1S/C25H23N5O5S/c1-18-7-5-6-10-23(18)36(34,35)28-25(31)27-22(17-19-8-3-2-4-9-19)24-26-15-16-29(24)20-11-13-21(14-12-20)30(32)33/h2-16,22H,17H2,1H3,(H2,27,28,31). The Kier molecular flexibility index (Phi) is 7.11. The van der Waals surface area contributed by atoms with Crippen molar-refractivity contribution in [2.24, 2.45) is 0 Å². The largest absolute Gasteiger partial charge is 0.329 e. The number of nitro benzene ring substituents is 1. The maximum absolute atomic E-state index is 12.9. The van der Waals surface area contributed by atoms with Crippen molar-refractivity contribution in [3.63, 3.8) is 0 Å². The fourth-order valence-corrected chi connectivity index (χ4v) is 4.97. The lowest BCUT2D eigenvalue weighted by atomic mass is 10.1. The van der Waals surface area contributed by atoms with Crippen molar-refractivity contribution in [2.75, 3.05) is 0 Å². The third-order valence-corrected chi connectivity index (χ3v) is 7.01. The molecule has 2 amide bonds. The number of sulfonamides is 1. The molecule has 36 heavy (non-hydrogen) atoms. The number of carbonyl (C=O) groups is 1. The summed E-state index contributed by atoms with van der Waals surface area (Å²) in [6.45, 7) is 1.64. The van der Waals surface area contributed by atoms with Crippen LogP contribution in [0.4, 0.5) is 10.5 Å². The van der Waals surface area contributed by atoms with Crippen LogP contribution < -0.4 is 10.0 Å². The van der Waals surface area contributed by atoms with Gasteiger partial charge in [0.15, 0.2) is 0 Å². The van der Waals surface area contributed by atoms with Crippen LogP contribution in [0.2, 0.25) is 0 Å². The number of aryl methyl sites for hydroxylation is 1. The molecule has 1 unspecified atom stereocenters. The summed E-state index contributed by atoms with van der Waals surface area (Å²) in [5, 5.41) is 13.8. The minimum absolute atomic E-state index is 0.00661. The van der Waals surface area contributed by atoms with Gasteiger partial charge in [0.25, 0.3) is 15.7 Å². The fraction of sp³-hybridized carbons (Fsp3) is 0.120. The molecule has 11 heteroatoms. The summed E-state index contributed by atoms with van der Waals surface area (Å²) in [6, 6.07) is 20.0. The third kappa shape index (κ3) is 5.58. The number of nitro groups is 1. The van der Waals surface area contributed by atoms with Gasteiger partial charge in [-0.3, -0.25) is 10.1 Å². The van der Waals surface area contributed by atoms with Gasteiger partial charge in [-0.2, -0.15) is 0 Å². The molecule has 4 aromatic rings. The van der Waals surface area contributed by atoms with Crippen molar-refractivity contribution < 1.29 is 18.1 Å². The molecule has 2 N–H and O–H groups in total. The van der Waals surface area contributed by atoms with Crippen LogP contribution in [0.15, 0.2) is 96.2 Å². The van der Waals surface area contributed by atoms with Gasteiger partial charge in [0.2, 0.25) is 0 Å². The summed E-state index contributed by atoms with van der Waals surface area (Å²) in [6.07, 6.45) is 3.53. The Morgan fingerprint density at radius 3 is 2.36 bits per heavy atom. The first kappa shape index (κ1) is 24.6. The highest BCUT2D eigenvalue weighted by Gasteiger charge is 2.25. The molecule has 0 radical (unpaired) electrons. The zero-order valence-electron chi connectivity index (χ0n) is 19.2. The number of nitrogens with zero attached hydrogens (tertiary/aromatic N) is 3. The number of nitrogens with one attached hydrogen (secondary N) is 2. The van der Waals surface area contributed by atoms with Crippen molar-refractivity contribution in [1.29, 1.82) is 0 Å². The number of rotatable bonds is 8. The summed E-state index contributed by atoms with van der Waals surface area (Å²) in [7, 11) is -4.11. The monoisotopic (exact) mass is 505 g/mol. The smallest absolute Gasteiger partial charge is 0.327 e. The molecule has 0 saturated carbocycles. The zero-order chi connectivity index (χ0) is 25.7. The van der Waals surface area contributed by atoms with Gasteiger partial charge in [0, 0.05) is 30.2 Å². The second-order valence-corrected chi connectivity index (χ2v) is 9.67. The predicted octanol–water partition coefficient (Wildman–Crippen LogP) is 4.06. The Balaban J connectivity index is 1.63. The molecule has 1 aromatic heterocycles. The van der Waals surface area contributed by atoms with Crippen LogP contribution in [0.5, 0.6) is 0 Å². The summed E-state index contributed by atoms with van der Waals surface area (Å²) >= 11 is 0. The topological polar surface area (TPSA) is 136 Å². The second-order valence-electron chi connectivity index (χ2n) is 8.02. The Morgan fingerprint density at radius 1 is 1.03 bits per heavy atom. The van der Waals surface area contributed by atoms with Gasteiger partial charge in [0.05, 0.1) is 15.9 Å². The van der Waals surface area contributed by atoms with Crippen molar-refractivity contribution in [1.82, 2.24) is 19.6 Å². The van der Waals surface area contributed by atoms with Gasteiger partial charge in [-0.15, -0.1) is 0 Å². The summed E-state index contributed by atoms with van der Waals surface area (Å²) < 4.78 is 29.4. The number of aromatic nitrogens is 2. The van der Waals surface area contributed by atoms with E-state index < -0.39 is 27.0 Å². The van der Waals surface area contributed by atoms with Crippen molar-refractivity contribution >= 4 is 21.7 Å². The Labute approximate surface area is 207 Å². The van der Waals surface area contributed by atoms with Gasteiger partial charge < -0.3 is 9.88 Å². The molecule has 0 aliphatic rings. The van der Waals surface area contributed by atoms with Crippen LogP contribution >= 0.6 is 0 Å². The summed E-state index contributed by atoms with van der Waals surface area (Å²) in [5.41, 5.74) is 1.94. The first-order chi connectivity index (χ1) is 17.2. The van der Waals surface area contributed by atoms with E-state index in [9.17, 15) is 23.3 Å². The van der Waals surface area contributed by atoms with Gasteiger partial charge in [0.1, 0.15) is 5.82 Å². The number of non-ortho nitro benzene ring substituents is 1. The van der Waals surface area contributed by atoms with Crippen LogP contribution in [-0.2, 0) is 16.4 Å². The third-order valence-electron chi connectivity index (χ3n) is 5.52. The van der Waals surface area contributed by atoms with Crippen LogP contribution in [0, 0.1) is 17.0 Å². The maximum Gasteiger partial charge on any atom is 0.329 e. The van der Waals surface area contributed by atoms with E-state index in [0.717, 1.165) is 5.56 Å².